The number of sulfonamides is 1. The van der Waals surface area contributed by atoms with Crippen LogP contribution in [0.3, 0.4) is 0 Å². The minimum Gasteiger partial charge on any atom is -0.461 e. The predicted molar refractivity (Wildman–Crippen MR) is 111 cm³/mol. The first-order valence-corrected chi connectivity index (χ1v) is 11.4. The van der Waals surface area contributed by atoms with Gasteiger partial charge in [0.15, 0.2) is 5.03 Å². The number of ether oxygens (including phenoxy) is 1. The summed E-state index contributed by atoms with van der Waals surface area (Å²) in [4.78, 5) is 20.9. The lowest BCUT2D eigenvalue weighted by atomic mass is 9.98. The van der Waals surface area contributed by atoms with Crippen molar-refractivity contribution in [3.8, 4) is 0 Å². The van der Waals surface area contributed by atoms with Crippen LogP contribution in [0, 0.1) is 18.7 Å². The van der Waals surface area contributed by atoms with Crippen molar-refractivity contribution in [2.75, 3.05) is 13.1 Å². The van der Waals surface area contributed by atoms with Gasteiger partial charge in [-0.3, -0.25) is 9.78 Å². The van der Waals surface area contributed by atoms with Gasteiger partial charge in [0.1, 0.15) is 18.2 Å². The van der Waals surface area contributed by atoms with Crippen molar-refractivity contribution >= 4 is 26.9 Å². The fourth-order valence-corrected chi connectivity index (χ4v) is 5.19. The van der Waals surface area contributed by atoms with Crippen LogP contribution in [0.5, 0.6) is 0 Å². The molecule has 1 aromatic carbocycles. The van der Waals surface area contributed by atoms with E-state index in [2.05, 4.69) is 9.97 Å². The average Bonchev–Trinajstić information content (AvgIpc) is 3.12. The largest absolute Gasteiger partial charge is 0.461 e. The smallest absolute Gasteiger partial charge is 0.309 e. The molecular formula is C21H23FN4O4S. The van der Waals surface area contributed by atoms with Crippen LogP contribution in [0.1, 0.15) is 24.2 Å². The van der Waals surface area contributed by atoms with Gasteiger partial charge in [0, 0.05) is 43.5 Å². The molecule has 0 radical (unpaired) electrons. The number of imidazole rings is 1. The van der Waals surface area contributed by atoms with Crippen LogP contribution in [-0.4, -0.2) is 46.3 Å². The number of hydrogen-bond acceptors (Lipinski definition) is 6. The van der Waals surface area contributed by atoms with Gasteiger partial charge >= 0.3 is 5.97 Å². The molecule has 10 heteroatoms. The maximum atomic E-state index is 13.9. The number of carbonyl (C=O) groups is 1. The minimum absolute atomic E-state index is 0.0155. The van der Waals surface area contributed by atoms with Crippen LogP contribution in [0.25, 0.3) is 10.9 Å². The summed E-state index contributed by atoms with van der Waals surface area (Å²) in [7, 11) is -1.95. The van der Waals surface area contributed by atoms with E-state index in [9.17, 15) is 17.6 Å². The lowest BCUT2D eigenvalue weighted by molar-refractivity contribution is -0.151. The number of benzene rings is 1. The SMILES string of the molecule is Cc1nc(S(=O)(=O)N2CCC(C(=O)OCc3ccc(F)c4cccnc34)CC2)cn1C. The molecule has 0 amide bonds. The number of aryl methyl sites for hydroxylation is 2. The monoisotopic (exact) mass is 446 g/mol. The van der Waals surface area contributed by atoms with Gasteiger partial charge in [-0.15, -0.1) is 0 Å². The number of esters is 1. The molecule has 0 spiro atoms. The van der Waals surface area contributed by atoms with Gasteiger partial charge in [-0.25, -0.2) is 17.8 Å². The Balaban J connectivity index is 1.37. The highest BCUT2D eigenvalue weighted by atomic mass is 32.2. The van der Waals surface area contributed by atoms with Crippen molar-refractivity contribution in [2.24, 2.45) is 13.0 Å². The van der Waals surface area contributed by atoms with Crippen molar-refractivity contribution in [3.05, 3.63) is 53.9 Å². The summed E-state index contributed by atoms with van der Waals surface area (Å²) in [6, 6.07) is 6.16. The number of rotatable bonds is 5. The summed E-state index contributed by atoms with van der Waals surface area (Å²) in [5, 5.41) is 0.392. The van der Waals surface area contributed by atoms with E-state index in [0.29, 0.717) is 35.1 Å². The zero-order valence-corrected chi connectivity index (χ0v) is 18.1. The molecule has 1 aliphatic heterocycles. The second-order valence-corrected chi connectivity index (χ2v) is 9.51. The highest BCUT2D eigenvalue weighted by Gasteiger charge is 2.34. The fourth-order valence-electron chi connectivity index (χ4n) is 3.69. The number of carbonyl (C=O) groups excluding carboxylic acids is 1. The van der Waals surface area contributed by atoms with Crippen molar-refractivity contribution in [1.82, 2.24) is 18.8 Å². The van der Waals surface area contributed by atoms with E-state index in [1.807, 2.05) is 0 Å². The van der Waals surface area contributed by atoms with Crippen LogP contribution in [0.15, 0.2) is 41.7 Å². The van der Waals surface area contributed by atoms with E-state index in [-0.39, 0.29) is 36.5 Å². The Hall–Kier alpha value is -2.85. The molecule has 1 fully saturated rings. The fraction of sp³-hybridized carbons (Fsp3) is 0.381. The zero-order valence-electron chi connectivity index (χ0n) is 17.3. The topological polar surface area (TPSA) is 94.4 Å². The number of pyridine rings is 1. The standard InChI is InChI=1S/C21H23FN4O4S/c1-14-24-19(12-25(14)2)31(28,29)26-10-7-15(8-11-26)21(27)30-13-16-5-6-18(22)17-4-3-9-23-20(16)17/h3-6,9,12,15H,7-8,10-11,13H2,1-2H3. The molecule has 164 valence electrons. The first kappa shape index (κ1) is 21.4. The molecule has 1 saturated heterocycles. The minimum atomic E-state index is -3.69. The van der Waals surface area contributed by atoms with Crippen LogP contribution >= 0.6 is 0 Å². The number of nitrogens with zero attached hydrogens (tertiary/aromatic N) is 4. The summed E-state index contributed by atoms with van der Waals surface area (Å²) < 4.78 is 48.0. The molecule has 1 aliphatic rings. The zero-order chi connectivity index (χ0) is 22.2. The van der Waals surface area contributed by atoms with Crippen molar-refractivity contribution in [1.29, 1.82) is 0 Å². The molecule has 0 unspecified atom stereocenters. The summed E-state index contributed by atoms with van der Waals surface area (Å²) in [5.41, 5.74) is 1.08. The second-order valence-electron chi connectivity index (χ2n) is 7.63. The first-order chi connectivity index (χ1) is 14.8. The van der Waals surface area contributed by atoms with Gasteiger partial charge in [0.05, 0.1) is 11.4 Å². The third-order valence-corrected chi connectivity index (χ3v) is 7.42. The molecule has 8 nitrogen and oxygen atoms in total. The highest BCUT2D eigenvalue weighted by Crippen LogP contribution is 2.25. The molecule has 3 aromatic rings. The van der Waals surface area contributed by atoms with Crippen LogP contribution < -0.4 is 0 Å². The van der Waals surface area contributed by atoms with Crippen LogP contribution in [-0.2, 0) is 33.2 Å². The van der Waals surface area contributed by atoms with Crippen molar-refractivity contribution in [3.63, 3.8) is 0 Å². The number of fused-ring (bicyclic) bond motifs is 1. The third-order valence-electron chi connectivity index (χ3n) is 5.65. The molecule has 0 bridgehead atoms. The quantitative estimate of drug-likeness (QED) is 0.559. The molecule has 0 saturated carbocycles. The molecule has 0 atom stereocenters. The van der Waals surface area contributed by atoms with E-state index >= 15 is 0 Å². The molecule has 2 aromatic heterocycles. The van der Waals surface area contributed by atoms with Gasteiger partial charge in [-0.1, -0.05) is 6.07 Å². The molecule has 3 heterocycles. The maximum Gasteiger partial charge on any atom is 0.309 e. The lowest BCUT2D eigenvalue weighted by Gasteiger charge is -2.29. The third kappa shape index (κ3) is 4.17. The summed E-state index contributed by atoms with van der Waals surface area (Å²) in [5.74, 6) is -0.551. The Morgan fingerprint density at radius 2 is 2.00 bits per heavy atom. The van der Waals surface area contributed by atoms with Crippen molar-refractivity contribution in [2.45, 2.75) is 31.4 Å². The Kier molecular flexibility index (Phi) is 5.76. The Morgan fingerprint density at radius 1 is 1.26 bits per heavy atom. The Bertz CT molecular complexity index is 1210. The number of piperidine rings is 1. The maximum absolute atomic E-state index is 13.9. The van der Waals surface area contributed by atoms with Gasteiger partial charge < -0.3 is 9.30 Å². The van der Waals surface area contributed by atoms with Gasteiger partial charge in [-0.2, -0.15) is 4.31 Å². The van der Waals surface area contributed by atoms with E-state index in [4.69, 9.17) is 4.74 Å². The molecule has 4 rings (SSSR count). The van der Waals surface area contributed by atoms with E-state index in [1.54, 1.807) is 42.9 Å². The lowest BCUT2D eigenvalue weighted by Crippen LogP contribution is -2.40. The van der Waals surface area contributed by atoms with E-state index in [1.165, 1.54) is 16.6 Å². The molecule has 31 heavy (non-hydrogen) atoms. The number of halogens is 1. The van der Waals surface area contributed by atoms with Gasteiger partial charge in [-0.05, 0) is 38.0 Å². The summed E-state index contributed by atoms with van der Waals surface area (Å²) in [6.07, 6.45) is 3.79. The van der Waals surface area contributed by atoms with Gasteiger partial charge in [0.2, 0.25) is 0 Å². The summed E-state index contributed by atoms with van der Waals surface area (Å²) >= 11 is 0. The number of hydrogen-bond donors (Lipinski definition) is 0. The normalized spacial score (nSPS) is 16.0. The van der Waals surface area contributed by atoms with Crippen LogP contribution in [0.4, 0.5) is 4.39 Å². The second kappa shape index (κ2) is 8.35. The Morgan fingerprint density at radius 3 is 2.68 bits per heavy atom. The Labute approximate surface area is 179 Å². The average molecular weight is 447 g/mol. The molecular weight excluding hydrogens is 423 g/mol. The first-order valence-electron chi connectivity index (χ1n) is 9.96. The van der Waals surface area contributed by atoms with Gasteiger partial charge in [0.25, 0.3) is 10.0 Å². The number of aromatic nitrogens is 3. The highest BCUT2D eigenvalue weighted by molar-refractivity contribution is 7.89. The van der Waals surface area contributed by atoms with Crippen LogP contribution in [0.2, 0.25) is 0 Å². The van der Waals surface area contributed by atoms with E-state index in [0.717, 1.165) is 0 Å². The van der Waals surface area contributed by atoms with E-state index < -0.39 is 15.9 Å². The predicted octanol–water partition coefficient (Wildman–Crippen LogP) is 2.56. The molecule has 0 N–H and O–H groups in total. The molecule has 0 aliphatic carbocycles. The van der Waals surface area contributed by atoms with Crippen molar-refractivity contribution < 1.29 is 22.3 Å². The summed E-state index contributed by atoms with van der Waals surface area (Å²) in [6.45, 7) is 2.16.